The van der Waals surface area contributed by atoms with Gasteiger partial charge in [-0.05, 0) is 81.4 Å². The minimum atomic E-state index is 1.17. The number of aromatic nitrogens is 1. The van der Waals surface area contributed by atoms with Crippen molar-refractivity contribution in [3.8, 4) is 50.2 Å². The number of thiophene rings is 1. The largest absolute Gasteiger partial charge is 0.309 e. The number of para-hydroxylation sites is 1. The van der Waals surface area contributed by atoms with Gasteiger partial charge in [-0.3, -0.25) is 0 Å². The lowest BCUT2D eigenvalue weighted by atomic mass is 9.93. The third-order valence-electron chi connectivity index (χ3n) is 10.0. The number of hydrogen-bond acceptors (Lipinski definition) is 1. The van der Waals surface area contributed by atoms with Crippen LogP contribution in [0, 0.1) is 0 Å². The average molecular weight is 654 g/mol. The third kappa shape index (κ3) is 4.69. The van der Waals surface area contributed by atoms with E-state index in [1.165, 1.54) is 92.2 Å². The van der Waals surface area contributed by atoms with Crippen LogP contribution in [0.25, 0.3) is 92.2 Å². The normalized spacial score (nSPS) is 11.6. The molecule has 2 aromatic heterocycles. The zero-order valence-corrected chi connectivity index (χ0v) is 28.1. The molecule has 0 aliphatic heterocycles. The van der Waals surface area contributed by atoms with E-state index in [0.717, 1.165) is 0 Å². The molecule has 0 fully saturated rings. The first-order valence-corrected chi connectivity index (χ1v) is 17.9. The molecule has 2 heteroatoms. The van der Waals surface area contributed by atoms with Gasteiger partial charge in [-0.15, -0.1) is 11.3 Å². The van der Waals surface area contributed by atoms with Crippen LogP contribution in [0.15, 0.2) is 188 Å². The highest BCUT2D eigenvalue weighted by Crippen LogP contribution is 2.43. The van der Waals surface area contributed by atoms with Crippen LogP contribution in [0.4, 0.5) is 0 Å². The molecule has 8 aromatic carbocycles. The lowest BCUT2D eigenvalue weighted by molar-refractivity contribution is 1.18. The molecule has 10 aromatic rings. The van der Waals surface area contributed by atoms with Crippen molar-refractivity contribution in [2.24, 2.45) is 0 Å². The van der Waals surface area contributed by atoms with Crippen molar-refractivity contribution >= 4 is 53.3 Å². The minimum Gasteiger partial charge on any atom is -0.309 e. The van der Waals surface area contributed by atoms with Gasteiger partial charge in [-0.1, -0.05) is 146 Å². The molecule has 1 nitrogen and oxygen atoms in total. The van der Waals surface area contributed by atoms with E-state index in [1.807, 2.05) is 11.3 Å². The zero-order chi connectivity index (χ0) is 33.0. The minimum absolute atomic E-state index is 1.17. The van der Waals surface area contributed by atoms with Crippen molar-refractivity contribution in [3.63, 3.8) is 0 Å². The molecule has 0 radical (unpaired) electrons. The summed E-state index contributed by atoms with van der Waals surface area (Å²) >= 11 is 1.87. The van der Waals surface area contributed by atoms with Crippen LogP contribution in [0.5, 0.6) is 0 Å². The fourth-order valence-electron chi connectivity index (χ4n) is 7.66. The number of fused-ring (bicyclic) bond motifs is 6. The molecule has 50 heavy (non-hydrogen) atoms. The van der Waals surface area contributed by atoms with Crippen LogP contribution in [-0.2, 0) is 0 Å². The molecule has 0 saturated carbocycles. The first-order valence-electron chi connectivity index (χ1n) is 17.1. The summed E-state index contributed by atoms with van der Waals surface area (Å²) in [4.78, 5) is 0. The predicted molar refractivity (Wildman–Crippen MR) is 215 cm³/mol. The second-order valence-corrected chi connectivity index (χ2v) is 14.0. The van der Waals surface area contributed by atoms with Gasteiger partial charge >= 0.3 is 0 Å². The van der Waals surface area contributed by atoms with Gasteiger partial charge in [0.05, 0.1) is 16.7 Å². The number of rotatable bonds is 5. The summed E-state index contributed by atoms with van der Waals surface area (Å²) < 4.78 is 5.11. The van der Waals surface area contributed by atoms with Crippen LogP contribution in [0.1, 0.15) is 0 Å². The quantitative estimate of drug-likeness (QED) is 0.174. The van der Waals surface area contributed by atoms with Crippen LogP contribution in [-0.4, -0.2) is 4.57 Å². The lowest BCUT2D eigenvalue weighted by Crippen LogP contribution is -1.98. The molecule has 0 spiro atoms. The molecule has 0 N–H and O–H groups in total. The second-order valence-electron chi connectivity index (χ2n) is 12.9. The topological polar surface area (TPSA) is 4.93 Å². The van der Waals surface area contributed by atoms with Crippen LogP contribution < -0.4 is 0 Å². The highest BCUT2D eigenvalue weighted by Gasteiger charge is 2.19. The Labute approximate surface area is 295 Å². The summed E-state index contributed by atoms with van der Waals surface area (Å²) in [5, 5.41) is 5.15. The third-order valence-corrected chi connectivity index (χ3v) is 11.2. The van der Waals surface area contributed by atoms with Gasteiger partial charge in [0, 0.05) is 36.5 Å². The van der Waals surface area contributed by atoms with E-state index in [1.54, 1.807) is 0 Å². The average Bonchev–Trinajstić information content (AvgIpc) is 3.73. The molecule has 0 unspecified atom stereocenters. The van der Waals surface area contributed by atoms with Crippen molar-refractivity contribution < 1.29 is 0 Å². The Hall–Kier alpha value is -6.22. The van der Waals surface area contributed by atoms with Crippen molar-refractivity contribution in [1.29, 1.82) is 0 Å². The fourth-order valence-corrected chi connectivity index (χ4v) is 8.81. The highest BCUT2D eigenvalue weighted by molar-refractivity contribution is 7.25. The van der Waals surface area contributed by atoms with E-state index in [9.17, 15) is 0 Å². The van der Waals surface area contributed by atoms with Gasteiger partial charge in [0.1, 0.15) is 0 Å². The number of hydrogen-bond donors (Lipinski definition) is 0. The zero-order valence-electron chi connectivity index (χ0n) is 27.3. The molecule has 234 valence electrons. The summed E-state index contributed by atoms with van der Waals surface area (Å²) in [6, 6.07) is 68.7. The van der Waals surface area contributed by atoms with Crippen molar-refractivity contribution in [2.45, 2.75) is 0 Å². The molecular formula is C48H31NS. The molecule has 0 amide bonds. The van der Waals surface area contributed by atoms with E-state index < -0.39 is 0 Å². The van der Waals surface area contributed by atoms with Gasteiger partial charge in [-0.25, -0.2) is 0 Å². The Morgan fingerprint density at radius 1 is 0.300 bits per heavy atom. The van der Waals surface area contributed by atoms with Crippen molar-refractivity contribution in [2.75, 3.05) is 0 Å². The predicted octanol–water partition coefficient (Wildman–Crippen LogP) is 13.8. The smallest absolute Gasteiger partial charge is 0.0541 e. The number of benzene rings is 8. The summed E-state index contributed by atoms with van der Waals surface area (Å²) in [5.41, 5.74) is 13.3. The SMILES string of the molecule is c1ccc(-c2ccc3c(c2)c2cc(-c4ccccc4)ccc2n3-c2ccccc2-c2ccccc2-c2ccc3c(c2)sc2ccccc23)cc1. The standard InChI is InChI=1S/C48H31NS/c1-3-13-32(14-4-1)34-24-27-45-42(29-34)43-30-35(33-15-5-2-6-16-33)25-28-46(43)49(45)44-21-11-9-19-39(44)38-18-8-7-17-37(38)36-23-26-41-40-20-10-12-22-47(40)50-48(41)31-36/h1-31H. The van der Waals surface area contributed by atoms with Gasteiger partial charge in [0.15, 0.2) is 0 Å². The van der Waals surface area contributed by atoms with Crippen LogP contribution in [0.2, 0.25) is 0 Å². The van der Waals surface area contributed by atoms with E-state index in [0.29, 0.717) is 0 Å². The molecule has 0 saturated heterocycles. The molecule has 0 bridgehead atoms. The van der Waals surface area contributed by atoms with Gasteiger partial charge in [0.2, 0.25) is 0 Å². The van der Waals surface area contributed by atoms with Crippen molar-refractivity contribution in [1.82, 2.24) is 4.57 Å². The molecule has 0 aliphatic carbocycles. The van der Waals surface area contributed by atoms with Crippen LogP contribution in [0.3, 0.4) is 0 Å². The molecule has 0 aliphatic rings. The maximum Gasteiger partial charge on any atom is 0.0541 e. The maximum atomic E-state index is 2.47. The van der Waals surface area contributed by atoms with E-state index in [4.69, 9.17) is 0 Å². The summed E-state index contributed by atoms with van der Waals surface area (Å²) in [6.45, 7) is 0. The van der Waals surface area contributed by atoms with E-state index in [2.05, 4.69) is 193 Å². The van der Waals surface area contributed by atoms with E-state index >= 15 is 0 Å². The maximum absolute atomic E-state index is 2.47. The second kappa shape index (κ2) is 11.7. The first kappa shape index (κ1) is 28.8. The summed E-state index contributed by atoms with van der Waals surface area (Å²) in [6.07, 6.45) is 0. The Morgan fingerprint density at radius 3 is 1.50 bits per heavy atom. The highest BCUT2D eigenvalue weighted by atomic mass is 32.1. The molecular weight excluding hydrogens is 623 g/mol. The molecule has 2 heterocycles. The Bertz CT molecular complexity index is 2760. The lowest BCUT2D eigenvalue weighted by Gasteiger charge is -2.17. The van der Waals surface area contributed by atoms with Gasteiger partial charge in [0.25, 0.3) is 0 Å². The monoisotopic (exact) mass is 653 g/mol. The molecule has 10 rings (SSSR count). The number of nitrogens with zero attached hydrogens (tertiary/aromatic N) is 1. The van der Waals surface area contributed by atoms with Crippen molar-refractivity contribution in [3.05, 3.63) is 188 Å². The Kier molecular flexibility index (Phi) is 6.75. The fraction of sp³-hybridized carbons (Fsp3) is 0. The van der Waals surface area contributed by atoms with Crippen LogP contribution >= 0.6 is 11.3 Å². The van der Waals surface area contributed by atoms with E-state index in [-0.39, 0.29) is 0 Å². The van der Waals surface area contributed by atoms with Gasteiger partial charge < -0.3 is 4.57 Å². The molecule has 0 atom stereocenters. The Balaban J connectivity index is 1.20. The van der Waals surface area contributed by atoms with Gasteiger partial charge in [-0.2, -0.15) is 0 Å². The summed E-state index contributed by atoms with van der Waals surface area (Å²) in [5.74, 6) is 0. The summed E-state index contributed by atoms with van der Waals surface area (Å²) in [7, 11) is 0. The Morgan fingerprint density at radius 2 is 0.820 bits per heavy atom. The first-order chi connectivity index (χ1) is 24.8.